The fourth-order valence-electron chi connectivity index (χ4n) is 2.46. The topological polar surface area (TPSA) is 82.7 Å². The molecular formula is C13H19NO4. The Morgan fingerprint density at radius 2 is 2.06 bits per heavy atom. The van der Waals surface area contributed by atoms with Crippen molar-refractivity contribution in [1.29, 1.82) is 0 Å². The van der Waals surface area contributed by atoms with Crippen LogP contribution in [0.4, 0.5) is 0 Å². The Bertz CT molecular complexity index is 407. The molecule has 0 saturated heterocycles. The van der Waals surface area contributed by atoms with Gasteiger partial charge in [-0.2, -0.15) is 0 Å². The summed E-state index contributed by atoms with van der Waals surface area (Å²) in [5.74, 6) is 0.275. The zero-order valence-corrected chi connectivity index (χ0v) is 10.3. The predicted octanol–water partition coefficient (Wildman–Crippen LogP) is 1.05. The van der Waals surface area contributed by atoms with E-state index in [0.717, 1.165) is 25.7 Å². The van der Waals surface area contributed by atoms with Crippen molar-refractivity contribution in [2.75, 3.05) is 13.2 Å². The summed E-state index contributed by atoms with van der Waals surface area (Å²) in [6, 6.07) is 3.12. The van der Waals surface area contributed by atoms with Gasteiger partial charge in [-0.1, -0.05) is 12.8 Å². The van der Waals surface area contributed by atoms with Gasteiger partial charge in [0.15, 0.2) is 5.76 Å². The maximum Gasteiger partial charge on any atom is 0.287 e. The van der Waals surface area contributed by atoms with Gasteiger partial charge in [0.05, 0.1) is 6.61 Å². The number of aliphatic hydroxyl groups excluding tert-OH is 2. The fraction of sp³-hybridized carbons (Fsp3) is 0.615. The first-order valence-electron chi connectivity index (χ1n) is 6.28. The molecule has 1 fully saturated rings. The molecule has 1 aliphatic rings. The van der Waals surface area contributed by atoms with Gasteiger partial charge in [0, 0.05) is 12.0 Å². The second-order valence-corrected chi connectivity index (χ2v) is 4.97. The number of hydrogen-bond donors (Lipinski definition) is 3. The molecule has 5 nitrogen and oxygen atoms in total. The number of carbonyl (C=O) groups is 1. The van der Waals surface area contributed by atoms with Gasteiger partial charge in [0.1, 0.15) is 12.4 Å². The molecule has 1 aromatic rings. The lowest BCUT2D eigenvalue weighted by Gasteiger charge is -2.26. The lowest BCUT2D eigenvalue weighted by atomic mass is 9.87. The highest BCUT2D eigenvalue weighted by Crippen LogP contribution is 2.36. The Labute approximate surface area is 106 Å². The first-order chi connectivity index (χ1) is 8.69. The van der Waals surface area contributed by atoms with E-state index in [4.69, 9.17) is 9.52 Å². The third kappa shape index (κ3) is 2.73. The lowest BCUT2D eigenvalue weighted by molar-refractivity contribution is 0.0851. The molecule has 18 heavy (non-hydrogen) atoms. The summed E-state index contributed by atoms with van der Waals surface area (Å²) in [6.07, 6.45) is 4.10. The van der Waals surface area contributed by atoms with Gasteiger partial charge in [-0.3, -0.25) is 4.79 Å². The Morgan fingerprint density at radius 3 is 2.61 bits per heavy atom. The minimum atomic E-state index is -0.297. The number of aliphatic hydroxyl groups is 2. The van der Waals surface area contributed by atoms with Gasteiger partial charge in [-0.15, -0.1) is 0 Å². The summed E-state index contributed by atoms with van der Waals surface area (Å²) in [5.41, 5.74) is -0.165. The summed E-state index contributed by atoms with van der Waals surface area (Å²) >= 11 is 0. The van der Waals surface area contributed by atoms with Crippen LogP contribution in [-0.4, -0.2) is 29.3 Å². The highest BCUT2D eigenvalue weighted by atomic mass is 16.4. The monoisotopic (exact) mass is 253 g/mol. The SMILES string of the molecule is O=C(NCC1(CO)CCCC1)c1ccc(CO)o1. The molecule has 0 radical (unpaired) electrons. The minimum absolute atomic E-state index is 0.104. The summed E-state index contributed by atoms with van der Waals surface area (Å²) in [5, 5.41) is 21.1. The zero-order chi connectivity index (χ0) is 13.0. The highest BCUT2D eigenvalue weighted by Gasteiger charge is 2.33. The van der Waals surface area contributed by atoms with Crippen molar-refractivity contribution in [3.05, 3.63) is 23.7 Å². The van der Waals surface area contributed by atoms with Gasteiger partial charge in [-0.25, -0.2) is 0 Å². The molecule has 1 amide bonds. The number of carbonyl (C=O) groups excluding carboxylic acids is 1. The van der Waals surface area contributed by atoms with E-state index < -0.39 is 0 Å². The van der Waals surface area contributed by atoms with E-state index in [1.54, 1.807) is 12.1 Å². The second-order valence-electron chi connectivity index (χ2n) is 4.97. The van der Waals surface area contributed by atoms with Crippen molar-refractivity contribution in [2.45, 2.75) is 32.3 Å². The van der Waals surface area contributed by atoms with Gasteiger partial charge in [0.25, 0.3) is 5.91 Å². The molecule has 1 aliphatic carbocycles. The predicted molar refractivity (Wildman–Crippen MR) is 65.0 cm³/mol. The van der Waals surface area contributed by atoms with Crippen molar-refractivity contribution in [3.63, 3.8) is 0 Å². The third-order valence-corrected chi connectivity index (χ3v) is 3.66. The van der Waals surface area contributed by atoms with Crippen molar-refractivity contribution >= 4 is 5.91 Å². The maximum absolute atomic E-state index is 11.8. The third-order valence-electron chi connectivity index (χ3n) is 3.66. The molecule has 0 bridgehead atoms. The highest BCUT2D eigenvalue weighted by molar-refractivity contribution is 5.91. The van der Waals surface area contributed by atoms with Gasteiger partial charge >= 0.3 is 0 Å². The van der Waals surface area contributed by atoms with Gasteiger partial charge < -0.3 is 19.9 Å². The molecule has 0 aromatic carbocycles. The van der Waals surface area contributed by atoms with Gasteiger partial charge in [0.2, 0.25) is 0 Å². The van der Waals surface area contributed by atoms with E-state index >= 15 is 0 Å². The quantitative estimate of drug-likeness (QED) is 0.732. The average Bonchev–Trinajstić information content (AvgIpc) is 3.05. The second kappa shape index (κ2) is 5.54. The van der Waals surface area contributed by atoms with Crippen molar-refractivity contribution in [2.24, 2.45) is 5.41 Å². The molecular weight excluding hydrogens is 234 g/mol. The summed E-state index contributed by atoms with van der Waals surface area (Å²) < 4.78 is 5.15. The van der Waals surface area contributed by atoms with E-state index in [0.29, 0.717) is 12.3 Å². The molecule has 2 rings (SSSR count). The first-order valence-corrected chi connectivity index (χ1v) is 6.28. The summed E-state index contributed by atoms with van der Waals surface area (Å²) in [7, 11) is 0. The van der Waals surface area contributed by atoms with Crippen LogP contribution in [0.3, 0.4) is 0 Å². The molecule has 0 aliphatic heterocycles. The molecule has 0 unspecified atom stereocenters. The molecule has 1 heterocycles. The van der Waals surface area contributed by atoms with Crippen LogP contribution in [0.2, 0.25) is 0 Å². The van der Waals surface area contributed by atoms with E-state index in [2.05, 4.69) is 5.32 Å². The maximum atomic E-state index is 11.8. The Balaban J connectivity index is 1.91. The molecule has 0 atom stereocenters. The summed E-state index contributed by atoms with van der Waals surface area (Å²) in [4.78, 5) is 11.8. The van der Waals surface area contributed by atoms with Crippen LogP contribution in [0.1, 0.15) is 42.0 Å². The largest absolute Gasteiger partial charge is 0.453 e. The Morgan fingerprint density at radius 1 is 1.33 bits per heavy atom. The van der Waals surface area contributed by atoms with Gasteiger partial charge in [-0.05, 0) is 25.0 Å². The molecule has 5 heteroatoms. The van der Waals surface area contributed by atoms with Crippen molar-refractivity contribution in [3.8, 4) is 0 Å². The Kier molecular flexibility index (Phi) is 4.04. The standard InChI is InChI=1S/C13H19NO4/c15-7-10-3-4-11(18-10)12(17)14-8-13(9-16)5-1-2-6-13/h3-4,15-16H,1-2,5-9H2,(H,14,17). The van der Waals surface area contributed by atoms with Crippen molar-refractivity contribution in [1.82, 2.24) is 5.32 Å². The number of amides is 1. The smallest absolute Gasteiger partial charge is 0.287 e. The van der Waals surface area contributed by atoms with E-state index in [1.807, 2.05) is 0 Å². The van der Waals surface area contributed by atoms with Crippen LogP contribution >= 0.6 is 0 Å². The van der Waals surface area contributed by atoms with E-state index in [9.17, 15) is 9.90 Å². The first kappa shape index (κ1) is 13.1. The molecule has 3 N–H and O–H groups in total. The lowest BCUT2D eigenvalue weighted by Crippen LogP contribution is -2.38. The Hall–Kier alpha value is -1.33. The molecule has 1 saturated carbocycles. The van der Waals surface area contributed by atoms with Crippen LogP contribution in [0, 0.1) is 5.41 Å². The van der Waals surface area contributed by atoms with E-state index in [1.165, 1.54) is 0 Å². The van der Waals surface area contributed by atoms with Crippen LogP contribution in [0.5, 0.6) is 0 Å². The number of furan rings is 1. The molecule has 1 aromatic heterocycles. The number of nitrogens with one attached hydrogen (secondary N) is 1. The van der Waals surface area contributed by atoms with Crippen LogP contribution in [0.15, 0.2) is 16.5 Å². The fourth-order valence-corrected chi connectivity index (χ4v) is 2.46. The normalized spacial score (nSPS) is 17.9. The molecule has 0 spiro atoms. The number of hydrogen-bond acceptors (Lipinski definition) is 4. The minimum Gasteiger partial charge on any atom is -0.453 e. The average molecular weight is 253 g/mol. The molecule has 100 valence electrons. The van der Waals surface area contributed by atoms with Crippen LogP contribution < -0.4 is 5.32 Å². The number of rotatable bonds is 5. The van der Waals surface area contributed by atoms with Crippen LogP contribution in [0.25, 0.3) is 0 Å². The zero-order valence-electron chi connectivity index (χ0n) is 10.3. The van der Waals surface area contributed by atoms with E-state index in [-0.39, 0.29) is 30.3 Å². The summed E-state index contributed by atoms with van der Waals surface area (Å²) in [6.45, 7) is 0.360. The van der Waals surface area contributed by atoms with Crippen molar-refractivity contribution < 1.29 is 19.4 Å². The van der Waals surface area contributed by atoms with Crippen LogP contribution in [-0.2, 0) is 6.61 Å².